The molecule has 34 heavy (non-hydrogen) atoms. The van der Waals surface area contributed by atoms with Gasteiger partial charge in [0.1, 0.15) is 0 Å². The van der Waals surface area contributed by atoms with Gasteiger partial charge >= 0.3 is 0 Å². The van der Waals surface area contributed by atoms with Crippen LogP contribution in [0.25, 0.3) is 0 Å². The summed E-state index contributed by atoms with van der Waals surface area (Å²) < 4.78 is 0. The Hall–Kier alpha value is -1.89. The number of carbonyl (C=O) groups is 1. The number of benzene rings is 3. The zero-order chi connectivity index (χ0) is 24.1. The molecule has 0 aliphatic carbocycles. The monoisotopic (exact) mass is 491 g/mol. The van der Waals surface area contributed by atoms with Crippen LogP contribution >= 0.6 is 19.0 Å². The first-order valence-electron chi connectivity index (χ1n) is 12.8. The SMILES string of the molecule is CC(=O)SCCCCc1ccc(CCCCCC[P+](C)(c2ccccc2)c2ccccc2)cc1. The van der Waals surface area contributed by atoms with E-state index < -0.39 is 7.26 Å². The van der Waals surface area contributed by atoms with E-state index in [0.29, 0.717) is 0 Å². The smallest absolute Gasteiger partial charge is 0.185 e. The summed E-state index contributed by atoms with van der Waals surface area (Å²) in [4.78, 5) is 11.0. The van der Waals surface area contributed by atoms with Crippen molar-refractivity contribution in [2.24, 2.45) is 0 Å². The van der Waals surface area contributed by atoms with E-state index in [-0.39, 0.29) is 5.12 Å². The Balaban J connectivity index is 1.38. The molecule has 0 atom stereocenters. The highest BCUT2D eigenvalue weighted by Gasteiger charge is 2.36. The van der Waals surface area contributed by atoms with Gasteiger partial charge in [-0.05, 0) is 80.3 Å². The van der Waals surface area contributed by atoms with Gasteiger partial charge in [0.25, 0.3) is 0 Å². The summed E-state index contributed by atoms with van der Waals surface area (Å²) in [7, 11) is -1.32. The van der Waals surface area contributed by atoms with Gasteiger partial charge in [-0.1, -0.05) is 78.8 Å². The highest BCUT2D eigenvalue weighted by molar-refractivity contribution is 8.13. The number of unbranched alkanes of at least 4 members (excludes halogenated alkanes) is 4. The maximum Gasteiger partial charge on any atom is 0.185 e. The molecule has 0 aromatic heterocycles. The maximum atomic E-state index is 11.0. The molecule has 1 nitrogen and oxygen atoms in total. The third kappa shape index (κ3) is 8.71. The number of rotatable bonds is 14. The third-order valence-electron chi connectivity index (χ3n) is 6.66. The summed E-state index contributed by atoms with van der Waals surface area (Å²) in [5.74, 6) is 0.950. The lowest BCUT2D eigenvalue weighted by molar-refractivity contribution is -0.109. The van der Waals surface area contributed by atoms with E-state index in [1.807, 2.05) is 0 Å². The molecular formula is C31H40OPS+. The average molecular weight is 492 g/mol. The first-order chi connectivity index (χ1) is 16.6. The molecule has 0 aliphatic rings. The van der Waals surface area contributed by atoms with Crippen molar-refractivity contribution < 1.29 is 4.79 Å². The lowest BCUT2D eigenvalue weighted by Crippen LogP contribution is -2.23. The van der Waals surface area contributed by atoms with Crippen molar-refractivity contribution in [3.05, 3.63) is 96.1 Å². The molecule has 0 fully saturated rings. The Labute approximate surface area is 212 Å². The van der Waals surface area contributed by atoms with E-state index in [0.717, 1.165) is 25.0 Å². The Bertz CT molecular complexity index is 930. The van der Waals surface area contributed by atoms with Gasteiger partial charge in [-0.15, -0.1) is 0 Å². The zero-order valence-electron chi connectivity index (χ0n) is 20.9. The second-order valence-electron chi connectivity index (χ2n) is 9.36. The fourth-order valence-electron chi connectivity index (χ4n) is 4.55. The third-order valence-corrected chi connectivity index (χ3v) is 11.6. The van der Waals surface area contributed by atoms with E-state index in [4.69, 9.17) is 0 Å². The van der Waals surface area contributed by atoms with Crippen molar-refractivity contribution >= 4 is 34.7 Å². The quantitative estimate of drug-likeness (QED) is 0.170. The highest BCUT2D eigenvalue weighted by atomic mass is 32.2. The molecule has 0 saturated carbocycles. The number of hydrogen-bond donors (Lipinski definition) is 0. The molecule has 0 aliphatic heterocycles. The van der Waals surface area contributed by atoms with Gasteiger partial charge in [-0.3, -0.25) is 4.79 Å². The predicted molar refractivity (Wildman–Crippen MR) is 155 cm³/mol. The lowest BCUT2D eigenvalue weighted by atomic mass is 10.0. The summed E-state index contributed by atoms with van der Waals surface area (Å²) in [6.07, 6.45) is 11.0. The van der Waals surface area contributed by atoms with Gasteiger partial charge in [0.15, 0.2) is 5.12 Å². The molecule has 3 aromatic carbocycles. The standard InChI is InChI=1S/C31H40OPS/c1-27(32)34-26-14-12-16-29-23-21-28(22-24-29)15-7-3-4-13-25-33(2,30-17-8-5-9-18-30)31-19-10-6-11-20-31/h5-6,8-11,17-24H,3-4,7,12-16,25-26H2,1-2H3/q+1. The molecule has 3 aromatic rings. The van der Waals surface area contributed by atoms with Crippen LogP contribution in [-0.4, -0.2) is 23.7 Å². The minimum Gasteiger partial charge on any atom is -0.288 e. The summed E-state index contributed by atoms with van der Waals surface area (Å²) in [5.41, 5.74) is 2.88. The van der Waals surface area contributed by atoms with Crippen LogP contribution in [0, 0.1) is 0 Å². The molecule has 0 radical (unpaired) electrons. The van der Waals surface area contributed by atoms with Crippen LogP contribution in [0.1, 0.15) is 56.6 Å². The molecule has 0 spiro atoms. The van der Waals surface area contributed by atoms with E-state index in [2.05, 4.69) is 91.6 Å². The molecule has 0 bridgehead atoms. The summed E-state index contributed by atoms with van der Waals surface area (Å²) >= 11 is 1.45. The highest BCUT2D eigenvalue weighted by Crippen LogP contribution is 2.53. The Morgan fingerprint density at radius 3 is 1.62 bits per heavy atom. The first-order valence-corrected chi connectivity index (χ1v) is 16.2. The number of hydrogen-bond acceptors (Lipinski definition) is 2. The predicted octanol–water partition coefficient (Wildman–Crippen LogP) is 7.69. The molecule has 180 valence electrons. The Kier molecular flexibility index (Phi) is 11.4. The number of carbonyl (C=O) groups excluding carboxylic acids is 1. The van der Waals surface area contributed by atoms with Crippen LogP contribution in [0.4, 0.5) is 0 Å². The van der Waals surface area contributed by atoms with Crippen molar-refractivity contribution in [2.75, 3.05) is 18.6 Å². The fraction of sp³-hybridized carbons (Fsp3) is 0.387. The van der Waals surface area contributed by atoms with Crippen LogP contribution in [0.3, 0.4) is 0 Å². The summed E-state index contributed by atoms with van der Waals surface area (Å²) in [5, 5.41) is 3.28. The molecule has 0 amide bonds. The van der Waals surface area contributed by atoms with Gasteiger partial charge in [0.05, 0.1) is 30.7 Å². The summed E-state index contributed by atoms with van der Waals surface area (Å²) in [6, 6.07) is 31.5. The minimum absolute atomic E-state index is 0.229. The Morgan fingerprint density at radius 1 is 0.647 bits per heavy atom. The maximum absolute atomic E-state index is 11.0. The van der Waals surface area contributed by atoms with E-state index in [9.17, 15) is 4.79 Å². The first kappa shape index (κ1) is 26.7. The molecule has 0 unspecified atom stereocenters. The van der Waals surface area contributed by atoms with Gasteiger partial charge in [-0.25, -0.2) is 0 Å². The van der Waals surface area contributed by atoms with E-state index in [1.165, 1.54) is 71.8 Å². The van der Waals surface area contributed by atoms with E-state index in [1.54, 1.807) is 6.92 Å². The van der Waals surface area contributed by atoms with Crippen LogP contribution < -0.4 is 10.6 Å². The largest absolute Gasteiger partial charge is 0.288 e. The lowest BCUT2D eigenvalue weighted by Gasteiger charge is -2.23. The number of aryl methyl sites for hydroxylation is 2. The van der Waals surface area contributed by atoms with Crippen LogP contribution in [0.5, 0.6) is 0 Å². The second kappa shape index (κ2) is 14.5. The van der Waals surface area contributed by atoms with Crippen LogP contribution in [-0.2, 0) is 17.6 Å². The van der Waals surface area contributed by atoms with Crippen LogP contribution in [0.15, 0.2) is 84.9 Å². The molecule has 0 N–H and O–H groups in total. The van der Waals surface area contributed by atoms with Crippen molar-refractivity contribution in [1.29, 1.82) is 0 Å². The number of thioether (sulfide) groups is 1. The van der Waals surface area contributed by atoms with Crippen molar-refractivity contribution in [2.45, 2.75) is 58.3 Å². The summed E-state index contributed by atoms with van der Waals surface area (Å²) in [6.45, 7) is 4.17. The van der Waals surface area contributed by atoms with Gasteiger partial charge in [0, 0.05) is 12.7 Å². The molecule has 3 heteroatoms. The minimum atomic E-state index is -1.32. The topological polar surface area (TPSA) is 17.1 Å². The normalized spacial score (nSPS) is 11.5. The van der Waals surface area contributed by atoms with Gasteiger partial charge in [0.2, 0.25) is 0 Å². The molecule has 0 heterocycles. The Morgan fingerprint density at radius 2 is 1.12 bits per heavy atom. The second-order valence-corrected chi connectivity index (χ2v) is 14.5. The molecule has 0 saturated heterocycles. The average Bonchev–Trinajstić information content (AvgIpc) is 2.87. The van der Waals surface area contributed by atoms with Crippen LogP contribution in [0.2, 0.25) is 0 Å². The van der Waals surface area contributed by atoms with E-state index >= 15 is 0 Å². The molecular weight excluding hydrogens is 451 g/mol. The molecule has 3 rings (SSSR count). The van der Waals surface area contributed by atoms with Gasteiger partial charge < -0.3 is 0 Å². The van der Waals surface area contributed by atoms with Crippen molar-refractivity contribution in [3.8, 4) is 0 Å². The fourth-order valence-corrected chi connectivity index (χ4v) is 8.52. The van der Waals surface area contributed by atoms with Gasteiger partial charge in [-0.2, -0.15) is 0 Å². The zero-order valence-corrected chi connectivity index (χ0v) is 22.6. The van der Waals surface area contributed by atoms with Crippen molar-refractivity contribution in [1.82, 2.24) is 0 Å². The van der Waals surface area contributed by atoms with Crippen molar-refractivity contribution in [3.63, 3.8) is 0 Å².